The number of aromatic nitrogens is 2. The lowest BCUT2D eigenvalue weighted by atomic mass is 10.2. The first kappa shape index (κ1) is 20.5. The number of rotatable bonds is 5. The summed E-state index contributed by atoms with van der Waals surface area (Å²) in [6.07, 6.45) is 1.74. The lowest BCUT2D eigenvalue weighted by Crippen LogP contribution is -2.48. The first-order valence-electron chi connectivity index (χ1n) is 10.1. The number of hydrogen-bond acceptors (Lipinski definition) is 6. The zero-order valence-electron chi connectivity index (χ0n) is 17.6. The second kappa shape index (κ2) is 8.92. The summed E-state index contributed by atoms with van der Waals surface area (Å²) in [5.41, 5.74) is 5.08. The second-order valence-corrected chi connectivity index (χ2v) is 8.53. The van der Waals surface area contributed by atoms with E-state index in [1.165, 1.54) is 11.3 Å². The van der Waals surface area contributed by atoms with E-state index in [4.69, 9.17) is 4.52 Å². The number of thioether (sulfide) groups is 1. The third-order valence-corrected chi connectivity index (χ3v) is 6.53. The molecule has 4 rings (SSSR count). The highest BCUT2D eigenvalue weighted by Gasteiger charge is 2.25. The molecule has 0 saturated carbocycles. The molecule has 1 aliphatic rings. The van der Waals surface area contributed by atoms with Gasteiger partial charge in [0.1, 0.15) is 10.8 Å². The van der Waals surface area contributed by atoms with Gasteiger partial charge in [-0.15, -0.1) is 11.8 Å². The number of pyridine rings is 1. The van der Waals surface area contributed by atoms with Crippen LogP contribution in [0.4, 0.5) is 5.69 Å². The van der Waals surface area contributed by atoms with Gasteiger partial charge in [-0.25, -0.2) is 4.98 Å². The maximum absolute atomic E-state index is 13.2. The Hall–Kier alpha value is -2.80. The molecule has 0 spiro atoms. The molecule has 30 heavy (non-hydrogen) atoms. The summed E-state index contributed by atoms with van der Waals surface area (Å²) in [6.45, 7) is 9.01. The van der Waals surface area contributed by atoms with Crippen LogP contribution in [-0.4, -0.2) is 47.1 Å². The van der Waals surface area contributed by atoms with Crippen LogP contribution in [0.25, 0.3) is 0 Å². The molecular formula is C23H26N4O2S. The van der Waals surface area contributed by atoms with E-state index in [9.17, 15) is 4.79 Å². The smallest absolute Gasteiger partial charge is 0.256 e. The number of carbonyl (C=O) groups excluding carboxylic acids is 1. The predicted molar refractivity (Wildman–Crippen MR) is 119 cm³/mol. The first-order valence-corrected chi connectivity index (χ1v) is 11.1. The molecule has 0 N–H and O–H groups in total. The van der Waals surface area contributed by atoms with E-state index >= 15 is 0 Å². The number of nitrogens with zero attached hydrogens (tertiary/aromatic N) is 4. The van der Waals surface area contributed by atoms with E-state index in [2.05, 4.69) is 46.2 Å². The van der Waals surface area contributed by atoms with Gasteiger partial charge in [0, 0.05) is 49.4 Å². The van der Waals surface area contributed by atoms with Gasteiger partial charge in [0.2, 0.25) is 0 Å². The Morgan fingerprint density at radius 2 is 1.80 bits per heavy atom. The lowest BCUT2D eigenvalue weighted by molar-refractivity contribution is 0.0742. The van der Waals surface area contributed by atoms with E-state index < -0.39 is 0 Å². The van der Waals surface area contributed by atoms with Crippen molar-refractivity contribution in [2.24, 2.45) is 0 Å². The van der Waals surface area contributed by atoms with E-state index in [0.717, 1.165) is 35.1 Å². The molecule has 2 aromatic heterocycles. The lowest BCUT2D eigenvalue weighted by Gasteiger charge is -2.36. The van der Waals surface area contributed by atoms with Gasteiger partial charge in [-0.1, -0.05) is 22.9 Å². The fraction of sp³-hybridized carbons (Fsp3) is 0.348. The number of anilines is 1. The Morgan fingerprint density at radius 3 is 2.47 bits per heavy atom. The van der Waals surface area contributed by atoms with Crippen LogP contribution >= 0.6 is 11.8 Å². The normalized spacial score (nSPS) is 14.2. The van der Waals surface area contributed by atoms with Gasteiger partial charge in [-0.3, -0.25) is 4.79 Å². The van der Waals surface area contributed by atoms with Crippen molar-refractivity contribution in [3.63, 3.8) is 0 Å². The van der Waals surface area contributed by atoms with E-state index in [1.54, 1.807) is 18.0 Å². The molecule has 3 aromatic rings. The number of aryl methyl sites for hydroxylation is 3. The van der Waals surface area contributed by atoms with Gasteiger partial charge in [0.05, 0.1) is 11.3 Å². The van der Waals surface area contributed by atoms with Crippen molar-refractivity contribution in [1.29, 1.82) is 0 Å². The van der Waals surface area contributed by atoms with E-state index in [1.807, 2.05) is 30.9 Å². The molecule has 0 aliphatic carbocycles. The Kier molecular flexibility index (Phi) is 6.08. The standard InChI is InChI=1S/C23H26N4O2S/c1-16-6-8-19(9-7-16)26-11-13-27(14-12-26)23(28)20-5-4-10-24-22(20)30-15-21-17(2)25-29-18(21)3/h4-10H,11-15H2,1-3H3. The van der Waals surface area contributed by atoms with Gasteiger partial charge < -0.3 is 14.3 Å². The molecule has 1 fully saturated rings. The predicted octanol–water partition coefficient (Wildman–Crippen LogP) is 4.25. The van der Waals surface area contributed by atoms with Crippen molar-refractivity contribution in [3.05, 3.63) is 70.7 Å². The van der Waals surface area contributed by atoms with Gasteiger partial charge >= 0.3 is 0 Å². The monoisotopic (exact) mass is 422 g/mol. The van der Waals surface area contributed by atoms with Gasteiger partial charge in [-0.05, 0) is 45.0 Å². The summed E-state index contributed by atoms with van der Waals surface area (Å²) >= 11 is 1.56. The van der Waals surface area contributed by atoms with Crippen LogP contribution in [0, 0.1) is 20.8 Å². The van der Waals surface area contributed by atoms with Crippen LogP contribution in [0.3, 0.4) is 0 Å². The maximum Gasteiger partial charge on any atom is 0.256 e. The summed E-state index contributed by atoms with van der Waals surface area (Å²) in [4.78, 5) is 22.0. The molecule has 1 aliphatic heterocycles. The molecule has 156 valence electrons. The van der Waals surface area contributed by atoms with Crippen molar-refractivity contribution >= 4 is 23.4 Å². The van der Waals surface area contributed by atoms with E-state index in [0.29, 0.717) is 24.4 Å². The molecule has 1 saturated heterocycles. The molecule has 0 bridgehead atoms. The number of benzene rings is 1. The van der Waals surface area contributed by atoms with Crippen molar-refractivity contribution in [2.75, 3.05) is 31.1 Å². The summed E-state index contributed by atoms with van der Waals surface area (Å²) in [5.74, 6) is 1.54. The molecule has 1 amide bonds. The highest BCUT2D eigenvalue weighted by Crippen LogP contribution is 2.28. The highest BCUT2D eigenvalue weighted by atomic mass is 32.2. The summed E-state index contributed by atoms with van der Waals surface area (Å²) in [5, 5.41) is 4.76. The van der Waals surface area contributed by atoms with Crippen LogP contribution in [0.5, 0.6) is 0 Å². The summed E-state index contributed by atoms with van der Waals surface area (Å²) < 4.78 is 5.25. The summed E-state index contributed by atoms with van der Waals surface area (Å²) in [6, 6.07) is 12.3. The zero-order chi connectivity index (χ0) is 21.1. The zero-order valence-corrected chi connectivity index (χ0v) is 18.4. The van der Waals surface area contributed by atoms with Crippen LogP contribution < -0.4 is 4.90 Å². The molecule has 6 nitrogen and oxygen atoms in total. The van der Waals surface area contributed by atoms with Gasteiger partial charge in [0.25, 0.3) is 5.91 Å². The first-order chi connectivity index (χ1) is 14.5. The SMILES string of the molecule is Cc1ccc(N2CCN(C(=O)c3cccnc3SCc3c(C)noc3C)CC2)cc1. The third-order valence-electron chi connectivity index (χ3n) is 5.50. The van der Waals surface area contributed by atoms with Gasteiger partial charge in [-0.2, -0.15) is 0 Å². The largest absolute Gasteiger partial charge is 0.368 e. The average Bonchev–Trinajstić information content (AvgIpc) is 3.10. The molecule has 0 atom stereocenters. The fourth-order valence-corrected chi connectivity index (χ4v) is 4.75. The van der Waals surface area contributed by atoms with Crippen LogP contribution in [0.2, 0.25) is 0 Å². The summed E-state index contributed by atoms with van der Waals surface area (Å²) in [7, 11) is 0. The molecular weight excluding hydrogens is 396 g/mol. The Labute approximate surface area is 181 Å². The molecule has 0 unspecified atom stereocenters. The van der Waals surface area contributed by atoms with Gasteiger partial charge in [0.15, 0.2) is 0 Å². The van der Waals surface area contributed by atoms with Crippen molar-refractivity contribution < 1.29 is 9.32 Å². The maximum atomic E-state index is 13.2. The number of hydrogen-bond donors (Lipinski definition) is 0. The number of carbonyl (C=O) groups is 1. The Bertz CT molecular complexity index is 1000. The molecule has 0 radical (unpaired) electrons. The third kappa shape index (κ3) is 4.36. The van der Waals surface area contributed by atoms with Crippen LogP contribution in [0.1, 0.15) is 32.9 Å². The molecule has 1 aromatic carbocycles. The van der Waals surface area contributed by atoms with Crippen molar-refractivity contribution in [2.45, 2.75) is 31.6 Å². The topological polar surface area (TPSA) is 62.5 Å². The minimum absolute atomic E-state index is 0.0490. The van der Waals surface area contributed by atoms with Crippen molar-refractivity contribution in [3.8, 4) is 0 Å². The van der Waals surface area contributed by atoms with Crippen LogP contribution in [0.15, 0.2) is 52.1 Å². The minimum Gasteiger partial charge on any atom is -0.368 e. The number of amides is 1. The molecule has 7 heteroatoms. The Balaban J connectivity index is 1.42. The average molecular weight is 423 g/mol. The van der Waals surface area contributed by atoms with Crippen molar-refractivity contribution in [1.82, 2.24) is 15.0 Å². The quantitative estimate of drug-likeness (QED) is 0.573. The minimum atomic E-state index is 0.0490. The van der Waals surface area contributed by atoms with Crippen LogP contribution in [-0.2, 0) is 5.75 Å². The molecule has 3 heterocycles. The Morgan fingerprint density at radius 1 is 1.07 bits per heavy atom. The second-order valence-electron chi connectivity index (χ2n) is 7.56. The fourth-order valence-electron chi connectivity index (χ4n) is 3.61. The highest BCUT2D eigenvalue weighted by molar-refractivity contribution is 7.98. The van der Waals surface area contributed by atoms with E-state index in [-0.39, 0.29) is 5.91 Å². The number of piperazine rings is 1.